The molecule has 0 amide bonds. The van der Waals surface area contributed by atoms with Gasteiger partial charge in [-0.25, -0.2) is 16.8 Å². The zero-order valence-electron chi connectivity index (χ0n) is 10.8. The van der Waals surface area contributed by atoms with Crippen LogP contribution in [0.25, 0.3) is 0 Å². The summed E-state index contributed by atoms with van der Waals surface area (Å²) in [6, 6.07) is 2.59. The van der Waals surface area contributed by atoms with E-state index >= 15 is 0 Å². The molecule has 1 aliphatic heterocycles. The van der Waals surface area contributed by atoms with Gasteiger partial charge in [-0.15, -0.1) is 0 Å². The lowest BCUT2D eigenvalue weighted by Crippen LogP contribution is -2.43. The van der Waals surface area contributed by atoms with Crippen LogP contribution >= 0.6 is 23.2 Å². The van der Waals surface area contributed by atoms with Gasteiger partial charge in [0.2, 0.25) is 10.0 Å². The fourth-order valence-electron chi connectivity index (χ4n) is 2.00. The summed E-state index contributed by atoms with van der Waals surface area (Å²) in [5.41, 5.74) is 0.129. The lowest BCUT2D eigenvalue weighted by molar-refractivity contribution is 0.281. The fourth-order valence-corrected chi connectivity index (χ4v) is 5.74. The van der Waals surface area contributed by atoms with E-state index in [0.29, 0.717) is 0 Å². The number of aliphatic hydroxyl groups excluding tert-OH is 1. The Labute approximate surface area is 133 Å². The van der Waals surface area contributed by atoms with Crippen molar-refractivity contribution >= 4 is 43.1 Å². The Morgan fingerprint density at radius 1 is 1.19 bits per heavy atom. The van der Waals surface area contributed by atoms with Gasteiger partial charge in [-0.1, -0.05) is 23.2 Å². The molecule has 6 nitrogen and oxygen atoms in total. The van der Waals surface area contributed by atoms with Crippen LogP contribution in [0.4, 0.5) is 0 Å². The number of halogens is 2. The first-order chi connectivity index (χ1) is 9.69. The maximum atomic E-state index is 12.5. The van der Waals surface area contributed by atoms with Crippen molar-refractivity contribution in [2.75, 3.05) is 24.6 Å². The summed E-state index contributed by atoms with van der Waals surface area (Å²) in [5, 5.41) is 9.24. The van der Waals surface area contributed by atoms with Crippen molar-refractivity contribution in [3.05, 3.63) is 27.7 Å². The van der Waals surface area contributed by atoms with E-state index in [2.05, 4.69) is 0 Å². The summed E-state index contributed by atoms with van der Waals surface area (Å²) >= 11 is 11.8. The van der Waals surface area contributed by atoms with Crippen LogP contribution in [0.15, 0.2) is 17.0 Å². The van der Waals surface area contributed by atoms with Gasteiger partial charge in [-0.2, -0.15) is 4.31 Å². The van der Waals surface area contributed by atoms with E-state index in [-0.39, 0.29) is 45.1 Å². The highest BCUT2D eigenvalue weighted by molar-refractivity contribution is 7.92. The molecule has 0 radical (unpaired) electrons. The highest BCUT2D eigenvalue weighted by Crippen LogP contribution is 2.33. The van der Waals surface area contributed by atoms with Crippen molar-refractivity contribution < 1.29 is 21.9 Å². The summed E-state index contributed by atoms with van der Waals surface area (Å²) in [6.45, 7) is -0.717. The summed E-state index contributed by atoms with van der Waals surface area (Å²) in [5.74, 6) is -0.436. The van der Waals surface area contributed by atoms with Gasteiger partial charge in [0.1, 0.15) is 4.90 Å². The van der Waals surface area contributed by atoms with E-state index in [9.17, 15) is 21.9 Å². The highest BCUT2D eigenvalue weighted by atomic mass is 35.5. The second-order valence-electron chi connectivity index (χ2n) is 4.55. The quantitative estimate of drug-likeness (QED) is 0.849. The molecule has 1 aromatic carbocycles. The monoisotopic (exact) mass is 373 g/mol. The van der Waals surface area contributed by atoms with Crippen molar-refractivity contribution in [1.29, 1.82) is 0 Å². The Balaban J connectivity index is 2.42. The van der Waals surface area contributed by atoms with E-state index in [1.807, 2.05) is 0 Å². The van der Waals surface area contributed by atoms with E-state index < -0.39 is 26.5 Å². The minimum atomic E-state index is -3.93. The summed E-state index contributed by atoms with van der Waals surface area (Å²) in [4.78, 5) is -0.183. The first-order valence-electron chi connectivity index (χ1n) is 5.97. The smallest absolute Gasteiger partial charge is 0.244 e. The molecule has 0 bridgehead atoms. The minimum Gasteiger partial charge on any atom is -0.392 e. The van der Waals surface area contributed by atoms with Gasteiger partial charge in [-0.05, 0) is 12.1 Å². The molecule has 10 heteroatoms. The molecule has 0 spiro atoms. The normalized spacial score (nSPS) is 19.6. The Kier molecular flexibility index (Phi) is 4.87. The predicted octanol–water partition coefficient (Wildman–Crippen LogP) is 0.905. The van der Waals surface area contributed by atoms with Crippen LogP contribution in [0.3, 0.4) is 0 Å². The zero-order chi connectivity index (χ0) is 15.8. The van der Waals surface area contributed by atoms with Crippen LogP contribution in [0.1, 0.15) is 5.56 Å². The molecular formula is C11H13Cl2NO5S2. The van der Waals surface area contributed by atoms with Crippen LogP contribution in [-0.2, 0) is 26.5 Å². The Bertz CT molecular complexity index is 747. The van der Waals surface area contributed by atoms with Crippen molar-refractivity contribution in [3.8, 4) is 0 Å². The number of sulfonamides is 1. The van der Waals surface area contributed by atoms with Crippen LogP contribution in [0.5, 0.6) is 0 Å². The standard InChI is InChI=1S/C11H13Cl2NO5S2/c12-9-1-2-10(11(13)8(9)7-15)21(18,19)14-3-5-20(16,17)6-4-14/h1-2,15H,3-7H2. The van der Waals surface area contributed by atoms with Crippen LogP contribution < -0.4 is 0 Å². The first kappa shape index (κ1) is 17.0. The molecule has 0 saturated carbocycles. The molecule has 118 valence electrons. The maximum absolute atomic E-state index is 12.5. The number of rotatable bonds is 3. The first-order valence-corrected chi connectivity index (χ1v) is 9.99. The van der Waals surface area contributed by atoms with E-state index in [1.165, 1.54) is 12.1 Å². The molecule has 21 heavy (non-hydrogen) atoms. The summed E-state index contributed by atoms with van der Waals surface area (Å²) in [7, 11) is -7.11. The average Bonchev–Trinajstić information content (AvgIpc) is 2.38. The molecular weight excluding hydrogens is 361 g/mol. The number of aliphatic hydroxyl groups is 1. The third-order valence-corrected chi connectivity index (χ3v) is 7.68. The third kappa shape index (κ3) is 3.35. The third-order valence-electron chi connectivity index (χ3n) is 3.23. The number of hydrogen-bond donors (Lipinski definition) is 1. The number of benzene rings is 1. The molecule has 2 rings (SSSR count). The highest BCUT2D eigenvalue weighted by Gasteiger charge is 2.33. The maximum Gasteiger partial charge on any atom is 0.244 e. The van der Waals surface area contributed by atoms with Gasteiger partial charge in [0.05, 0.1) is 23.1 Å². The second kappa shape index (κ2) is 6.02. The molecule has 1 aliphatic rings. The van der Waals surface area contributed by atoms with Gasteiger partial charge < -0.3 is 5.11 Å². The van der Waals surface area contributed by atoms with Crippen molar-refractivity contribution in [1.82, 2.24) is 4.31 Å². The Morgan fingerprint density at radius 3 is 2.29 bits per heavy atom. The van der Waals surface area contributed by atoms with Gasteiger partial charge in [0.25, 0.3) is 0 Å². The van der Waals surface area contributed by atoms with Gasteiger partial charge in [-0.3, -0.25) is 0 Å². The zero-order valence-corrected chi connectivity index (χ0v) is 13.9. The fraction of sp³-hybridized carbons (Fsp3) is 0.455. The lowest BCUT2D eigenvalue weighted by atomic mass is 10.2. The summed E-state index contributed by atoms with van der Waals surface area (Å²) < 4.78 is 48.9. The van der Waals surface area contributed by atoms with Gasteiger partial charge >= 0.3 is 0 Å². The van der Waals surface area contributed by atoms with Crippen LogP contribution in [-0.4, -0.2) is 50.8 Å². The van der Waals surface area contributed by atoms with Gasteiger partial charge in [0.15, 0.2) is 9.84 Å². The Hall–Kier alpha value is -0.380. The molecule has 1 aromatic rings. The van der Waals surface area contributed by atoms with Gasteiger partial charge in [0, 0.05) is 23.7 Å². The molecule has 0 aliphatic carbocycles. The molecule has 0 unspecified atom stereocenters. The average molecular weight is 374 g/mol. The second-order valence-corrected chi connectivity index (χ2v) is 9.55. The largest absolute Gasteiger partial charge is 0.392 e. The minimum absolute atomic E-state index is 0.113. The molecule has 1 N–H and O–H groups in total. The molecule has 0 aromatic heterocycles. The predicted molar refractivity (Wildman–Crippen MR) is 79.8 cm³/mol. The van der Waals surface area contributed by atoms with Crippen molar-refractivity contribution in [2.24, 2.45) is 0 Å². The van der Waals surface area contributed by atoms with Crippen LogP contribution in [0, 0.1) is 0 Å². The van der Waals surface area contributed by atoms with Crippen LogP contribution in [0.2, 0.25) is 10.0 Å². The summed E-state index contributed by atoms with van der Waals surface area (Å²) in [6.07, 6.45) is 0. The van der Waals surface area contributed by atoms with Crippen molar-refractivity contribution in [3.63, 3.8) is 0 Å². The van der Waals surface area contributed by atoms with E-state index in [0.717, 1.165) is 4.31 Å². The lowest BCUT2D eigenvalue weighted by Gasteiger charge is -2.26. The number of nitrogens with zero attached hydrogens (tertiary/aromatic N) is 1. The SMILES string of the molecule is O=S1(=O)CCN(S(=O)(=O)c2ccc(Cl)c(CO)c2Cl)CC1. The molecule has 1 saturated heterocycles. The molecule has 0 atom stereocenters. The Morgan fingerprint density at radius 2 is 1.76 bits per heavy atom. The van der Waals surface area contributed by atoms with Crippen molar-refractivity contribution in [2.45, 2.75) is 11.5 Å². The molecule has 1 heterocycles. The topological polar surface area (TPSA) is 91.8 Å². The molecule has 1 fully saturated rings. The van der Waals surface area contributed by atoms with E-state index in [4.69, 9.17) is 23.2 Å². The number of sulfone groups is 1. The van der Waals surface area contributed by atoms with E-state index in [1.54, 1.807) is 0 Å². The number of hydrogen-bond acceptors (Lipinski definition) is 5.